The van der Waals surface area contributed by atoms with E-state index in [9.17, 15) is 8.42 Å². The lowest BCUT2D eigenvalue weighted by molar-refractivity contribution is 0.589. The third-order valence-corrected chi connectivity index (χ3v) is 6.46. The zero-order valence-corrected chi connectivity index (χ0v) is 15.4. The summed E-state index contributed by atoms with van der Waals surface area (Å²) in [6.45, 7) is 2.12. The van der Waals surface area contributed by atoms with E-state index in [2.05, 4.69) is 37.4 Å². The quantitative estimate of drug-likeness (QED) is 0.471. The minimum atomic E-state index is -3.15. The van der Waals surface area contributed by atoms with Gasteiger partial charge in [-0.15, -0.1) is 11.8 Å². The van der Waals surface area contributed by atoms with Crippen molar-refractivity contribution in [1.82, 2.24) is 0 Å². The summed E-state index contributed by atoms with van der Waals surface area (Å²) in [7, 11) is -3.15. The molecule has 2 aromatic carbocycles. The third-order valence-electron chi connectivity index (χ3n) is 3.90. The van der Waals surface area contributed by atoms with Gasteiger partial charge in [-0.1, -0.05) is 50.5 Å². The Morgan fingerprint density at radius 3 is 1.91 bits per heavy atom. The largest absolute Gasteiger partial charge is 0.224 e. The van der Waals surface area contributed by atoms with Crippen molar-refractivity contribution in [3.05, 3.63) is 48.5 Å². The maximum absolute atomic E-state index is 12.3. The second kappa shape index (κ2) is 8.55. The van der Waals surface area contributed by atoms with Crippen LogP contribution in [-0.2, 0) is 9.84 Å². The molecule has 0 N–H and O–H groups in total. The summed E-state index contributed by atoms with van der Waals surface area (Å²) in [6, 6.07) is 15.6. The number of hydrogen-bond donors (Lipinski definition) is 0. The number of sulfone groups is 1. The highest BCUT2D eigenvalue weighted by molar-refractivity contribution is 7.98. The van der Waals surface area contributed by atoms with Gasteiger partial charge in [0.2, 0.25) is 0 Å². The monoisotopic (exact) mass is 348 g/mol. The van der Waals surface area contributed by atoms with Crippen LogP contribution in [0.1, 0.15) is 32.6 Å². The fourth-order valence-electron chi connectivity index (χ4n) is 2.47. The topological polar surface area (TPSA) is 34.1 Å². The van der Waals surface area contributed by atoms with E-state index in [0.29, 0.717) is 4.90 Å². The van der Waals surface area contributed by atoms with E-state index < -0.39 is 9.84 Å². The van der Waals surface area contributed by atoms with Gasteiger partial charge in [0.05, 0.1) is 10.6 Å². The van der Waals surface area contributed by atoms with Crippen molar-refractivity contribution in [2.45, 2.75) is 42.4 Å². The Hall–Kier alpha value is -1.26. The van der Waals surface area contributed by atoms with Crippen molar-refractivity contribution in [2.24, 2.45) is 0 Å². The minimum Gasteiger partial charge on any atom is -0.224 e. The normalized spacial score (nSPS) is 11.6. The van der Waals surface area contributed by atoms with Crippen LogP contribution in [0.2, 0.25) is 0 Å². The molecule has 0 aliphatic carbocycles. The third kappa shape index (κ3) is 5.11. The van der Waals surface area contributed by atoms with Crippen LogP contribution >= 0.6 is 11.8 Å². The Kier molecular flexibility index (Phi) is 6.72. The summed E-state index contributed by atoms with van der Waals surface area (Å²) in [5.74, 6) is 0.245. The fourth-order valence-corrected chi connectivity index (χ4v) is 4.25. The summed E-state index contributed by atoms with van der Waals surface area (Å²) in [5, 5.41) is 0. The van der Waals surface area contributed by atoms with E-state index >= 15 is 0 Å². The van der Waals surface area contributed by atoms with E-state index in [1.807, 2.05) is 12.1 Å². The first-order chi connectivity index (χ1) is 11.1. The molecule has 0 atom stereocenters. The predicted octanol–water partition coefficient (Wildman–Crippen LogP) is 5.43. The molecule has 0 saturated carbocycles. The molecule has 2 aromatic rings. The van der Waals surface area contributed by atoms with Crippen LogP contribution in [0.15, 0.2) is 58.3 Å². The molecule has 0 aliphatic rings. The van der Waals surface area contributed by atoms with Crippen LogP contribution in [0, 0.1) is 0 Å². The summed E-state index contributed by atoms with van der Waals surface area (Å²) in [6.07, 6.45) is 5.99. The van der Waals surface area contributed by atoms with E-state index in [-0.39, 0.29) is 5.75 Å². The molecule has 0 fully saturated rings. The van der Waals surface area contributed by atoms with Gasteiger partial charge in [-0.05, 0) is 48.1 Å². The molecule has 4 heteroatoms. The molecule has 23 heavy (non-hydrogen) atoms. The van der Waals surface area contributed by atoms with Gasteiger partial charge in [0, 0.05) is 4.90 Å². The van der Waals surface area contributed by atoms with Crippen LogP contribution in [0.3, 0.4) is 0 Å². The van der Waals surface area contributed by atoms with Gasteiger partial charge in [0.25, 0.3) is 0 Å². The lowest BCUT2D eigenvalue weighted by Gasteiger charge is -2.07. The van der Waals surface area contributed by atoms with Crippen molar-refractivity contribution in [3.8, 4) is 11.1 Å². The molecule has 2 rings (SSSR count). The molecular formula is C19H24O2S2. The maximum Gasteiger partial charge on any atom is 0.178 e. The summed E-state index contributed by atoms with van der Waals surface area (Å²) in [4.78, 5) is 1.65. The smallest absolute Gasteiger partial charge is 0.178 e. The molecule has 0 saturated heterocycles. The molecule has 0 amide bonds. The Balaban J connectivity index is 2.08. The lowest BCUT2D eigenvalue weighted by atomic mass is 10.1. The SMILES string of the molecule is CCCCCCS(=O)(=O)c1ccc(-c2ccc(SC)cc2)cc1. The first kappa shape index (κ1) is 18.1. The second-order valence-corrected chi connectivity index (χ2v) is 8.62. The van der Waals surface area contributed by atoms with Crippen molar-refractivity contribution < 1.29 is 8.42 Å². The summed E-state index contributed by atoms with van der Waals surface area (Å²) >= 11 is 1.71. The Labute approximate surface area is 144 Å². The zero-order chi connectivity index (χ0) is 16.7. The highest BCUT2D eigenvalue weighted by Gasteiger charge is 2.13. The number of hydrogen-bond acceptors (Lipinski definition) is 3. The highest BCUT2D eigenvalue weighted by atomic mass is 32.2. The van der Waals surface area contributed by atoms with Gasteiger partial charge in [-0.3, -0.25) is 0 Å². The molecular weight excluding hydrogens is 324 g/mol. The molecule has 0 unspecified atom stereocenters. The van der Waals surface area contributed by atoms with Gasteiger partial charge in [0.1, 0.15) is 0 Å². The van der Waals surface area contributed by atoms with E-state index in [1.54, 1.807) is 23.9 Å². The van der Waals surface area contributed by atoms with Crippen molar-refractivity contribution in [2.75, 3.05) is 12.0 Å². The Bertz CT molecular complexity index is 702. The average molecular weight is 349 g/mol. The average Bonchev–Trinajstić information content (AvgIpc) is 2.59. The maximum atomic E-state index is 12.3. The molecule has 0 bridgehead atoms. The Morgan fingerprint density at radius 1 is 0.826 bits per heavy atom. The van der Waals surface area contributed by atoms with Crippen molar-refractivity contribution >= 4 is 21.6 Å². The van der Waals surface area contributed by atoms with Gasteiger partial charge in [0.15, 0.2) is 9.84 Å². The number of benzene rings is 2. The number of rotatable bonds is 8. The van der Waals surface area contributed by atoms with Gasteiger partial charge >= 0.3 is 0 Å². The fraction of sp³-hybridized carbons (Fsp3) is 0.368. The molecule has 0 radical (unpaired) electrons. The van der Waals surface area contributed by atoms with Gasteiger partial charge in [-0.2, -0.15) is 0 Å². The molecule has 0 aromatic heterocycles. The second-order valence-electron chi connectivity index (χ2n) is 5.63. The van der Waals surface area contributed by atoms with Crippen LogP contribution in [0.5, 0.6) is 0 Å². The molecule has 0 heterocycles. The zero-order valence-electron chi connectivity index (χ0n) is 13.8. The Morgan fingerprint density at radius 2 is 1.39 bits per heavy atom. The predicted molar refractivity (Wildman–Crippen MR) is 99.9 cm³/mol. The molecule has 2 nitrogen and oxygen atoms in total. The molecule has 0 aliphatic heterocycles. The van der Waals surface area contributed by atoms with Crippen LogP contribution in [0.25, 0.3) is 11.1 Å². The van der Waals surface area contributed by atoms with E-state index in [0.717, 1.165) is 36.8 Å². The number of unbranched alkanes of at least 4 members (excludes halogenated alkanes) is 3. The van der Waals surface area contributed by atoms with E-state index in [4.69, 9.17) is 0 Å². The lowest BCUT2D eigenvalue weighted by Crippen LogP contribution is -2.06. The first-order valence-electron chi connectivity index (χ1n) is 8.04. The molecule has 124 valence electrons. The van der Waals surface area contributed by atoms with Crippen LogP contribution in [-0.4, -0.2) is 20.4 Å². The van der Waals surface area contributed by atoms with Crippen molar-refractivity contribution in [1.29, 1.82) is 0 Å². The van der Waals surface area contributed by atoms with E-state index in [1.165, 1.54) is 4.90 Å². The standard InChI is InChI=1S/C19H24O2S2/c1-3-4-5-6-15-23(20,21)19-13-9-17(10-14-19)16-7-11-18(22-2)12-8-16/h7-14H,3-6,15H2,1-2H3. The van der Waals surface area contributed by atoms with Gasteiger partial charge in [-0.25, -0.2) is 8.42 Å². The summed E-state index contributed by atoms with van der Waals surface area (Å²) < 4.78 is 24.6. The first-order valence-corrected chi connectivity index (χ1v) is 10.9. The highest BCUT2D eigenvalue weighted by Crippen LogP contribution is 2.24. The molecule has 0 spiro atoms. The number of thioether (sulfide) groups is 1. The van der Waals surface area contributed by atoms with Gasteiger partial charge < -0.3 is 0 Å². The van der Waals surface area contributed by atoms with Crippen LogP contribution in [0.4, 0.5) is 0 Å². The minimum absolute atomic E-state index is 0.245. The van der Waals surface area contributed by atoms with Crippen LogP contribution < -0.4 is 0 Å². The van der Waals surface area contributed by atoms with Crippen molar-refractivity contribution in [3.63, 3.8) is 0 Å². The summed E-state index contributed by atoms with van der Waals surface area (Å²) in [5.41, 5.74) is 2.15.